The fraction of sp³-hybridized carbons (Fsp3) is 0.286. The lowest BCUT2D eigenvalue weighted by molar-refractivity contribution is 0.0528. The van der Waals surface area contributed by atoms with Crippen molar-refractivity contribution in [1.82, 2.24) is 4.37 Å². The van der Waals surface area contributed by atoms with E-state index in [0.29, 0.717) is 12.2 Å². The number of carbonyl (C=O) groups is 1. The Hall–Kier alpha value is -2.08. The number of rotatable bonds is 3. The van der Waals surface area contributed by atoms with Crippen molar-refractivity contribution in [2.75, 3.05) is 17.2 Å². The van der Waals surface area contributed by atoms with Crippen molar-refractivity contribution in [3.63, 3.8) is 0 Å². The summed E-state index contributed by atoms with van der Waals surface area (Å²) in [6.07, 6.45) is 0. The predicted octanol–water partition coefficient (Wildman–Crippen LogP) is 2.42. The summed E-state index contributed by atoms with van der Waals surface area (Å²) in [5.74, 6) is -0.149. The van der Waals surface area contributed by atoms with Gasteiger partial charge in [0.1, 0.15) is 10.6 Å². The summed E-state index contributed by atoms with van der Waals surface area (Å²) in [6.45, 7) is 3.64. The van der Waals surface area contributed by atoms with Crippen molar-refractivity contribution >= 4 is 28.3 Å². The second-order valence-corrected chi connectivity index (χ2v) is 5.35. The Kier molecular flexibility index (Phi) is 3.31. The highest BCUT2D eigenvalue weighted by Crippen LogP contribution is 2.36. The average Bonchev–Trinajstić information content (AvgIpc) is 3.01. The smallest absolute Gasteiger partial charge is 0.345 e. The number of hydrogen-bond donors (Lipinski definition) is 1. The van der Waals surface area contributed by atoms with Crippen LogP contribution in [0.4, 0.5) is 10.8 Å². The van der Waals surface area contributed by atoms with Crippen molar-refractivity contribution in [3.8, 4) is 0 Å². The fourth-order valence-corrected chi connectivity index (χ4v) is 3.18. The van der Waals surface area contributed by atoms with Crippen LogP contribution in [-0.2, 0) is 17.8 Å². The molecule has 104 valence electrons. The Balaban J connectivity index is 1.92. The molecule has 0 amide bonds. The van der Waals surface area contributed by atoms with Crippen LogP contribution in [0.5, 0.6) is 0 Å². The maximum Gasteiger partial charge on any atom is 0.345 e. The molecule has 0 radical (unpaired) electrons. The summed E-state index contributed by atoms with van der Waals surface area (Å²) in [5, 5.41) is 0.789. The van der Waals surface area contributed by atoms with E-state index in [0.717, 1.165) is 18.1 Å². The normalized spacial score (nSPS) is 13.3. The number of hydrogen-bond acceptors (Lipinski definition) is 6. The molecule has 2 aromatic rings. The van der Waals surface area contributed by atoms with Gasteiger partial charge in [0.25, 0.3) is 0 Å². The van der Waals surface area contributed by atoms with Gasteiger partial charge < -0.3 is 15.4 Å². The summed E-state index contributed by atoms with van der Waals surface area (Å²) in [6, 6.07) is 8.25. The van der Waals surface area contributed by atoms with E-state index in [4.69, 9.17) is 10.5 Å². The molecule has 1 aliphatic rings. The first-order valence-electron chi connectivity index (χ1n) is 6.44. The van der Waals surface area contributed by atoms with E-state index in [-0.39, 0.29) is 5.82 Å². The minimum Gasteiger partial charge on any atom is -0.462 e. The molecule has 1 aliphatic heterocycles. The van der Waals surface area contributed by atoms with Crippen LogP contribution in [0.1, 0.15) is 28.4 Å². The molecule has 2 heterocycles. The molecule has 0 spiro atoms. The van der Waals surface area contributed by atoms with Crippen molar-refractivity contribution in [3.05, 3.63) is 41.0 Å². The van der Waals surface area contributed by atoms with Crippen LogP contribution in [0.3, 0.4) is 0 Å². The highest BCUT2D eigenvalue weighted by molar-refractivity contribution is 7.11. The topological polar surface area (TPSA) is 68.5 Å². The molecule has 5 nitrogen and oxygen atoms in total. The van der Waals surface area contributed by atoms with E-state index in [1.807, 2.05) is 12.1 Å². The van der Waals surface area contributed by atoms with Crippen LogP contribution in [0.15, 0.2) is 24.3 Å². The first-order chi connectivity index (χ1) is 9.70. The fourth-order valence-electron chi connectivity index (χ4n) is 2.38. The third-order valence-corrected chi connectivity index (χ3v) is 4.23. The predicted molar refractivity (Wildman–Crippen MR) is 78.8 cm³/mol. The third kappa shape index (κ3) is 2.12. The van der Waals surface area contributed by atoms with E-state index in [1.54, 1.807) is 6.92 Å². The summed E-state index contributed by atoms with van der Waals surface area (Å²) >= 11 is 1.25. The van der Waals surface area contributed by atoms with Crippen LogP contribution in [-0.4, -0.2) is 16.9 Å². The number of fused-ring (bicyclic) bond motifs is 1. The molecule has 0 unspecified atom stereocenters. The second kappa shape index (κ2) is 5.13. The van der Waals surface area contributed by atoms with Gasteiger partial charge in [0.15, 0.2) is 5.82 Å². The number of aromatic nitrogens is 1. The van der Waals surface area contributed by atoms with E-state index < -0.39 is 5.97 Å². The van der Waals surface area contributed by atoms with E-state index in [9.17, 15) is 4.79 Å². The van der Waals surface area contributed by atoms with Gasteiger partial charge in [-0.05, 0) is 29.6 Å². The molecule has 0 saturated heterocycles. The largest absolute Gasteiger partial charge is 0.462 e. The van der Waals surface area contributed by atoms with Crippen molar-refractivity contribution in [2.24, 2.45) is 0 Å². The average molecular weight is 289 g/mol. The molecular weight excluding hydrogens is 274 g/mol. The SMILES string of the molecule is CCOC(=O)c1c(N)nsc1N1Cc2ccccc2C1. The summed E-state index contributed by atoms with van der Waals surface area (Å²) in [4.78, 5) is 14.1. The Bertz CT molecular complexity index is 629. The highest BCUT2D eigenvalue weighted by atomic mass is 32.1. The molecular formula is C14H15N3O2S. The Morgan fingerprint density at radius 1 is 1.40 bits per heavy atom. The van der Waals surface area contributed by atoms with Crippen molar-refractivity contribution in [2.45, 2.75) is 20.0 Å². The zero-order valence-electron chi connectivity index (χ0n) is 11.1. The van der Waals surface area contributed by atoms with Gasteiger partial charge in [-0.3, -0.25) is 0 Å². The summed E-state index contributed by atoms with van der Waals surface area (Å²) in [7, 11) is 0. The maximum absolute atomic E-state index is 12.0. The molecule has 1 aromatic carbocycles. The molecule has 2 N–H and O–H groups in total. The molecule has 20 heavy (non-hydrogen) atoms. The number of nitrogens with two attached hydrogens (primary N) is 1. The lowest BCUT2D eigenvalue weighted by atomic mass is 10.1. The molecule has 0 atom stereocenters. The second-order valence-electron chi connectivity index (χ2n) is 4.59. The number of nitrogen functional groups attached to an aromatic ring is 1. The number of esters is 1. The van der Waals surface area contributed by atoms with Crippen molar-refractivity contribution < 1.29 is 9.53 Å². The summed E-state index contributed by atoms with van der Waals surface area (Å²) < 4.78 is 9.17. The zero-order valence-corrected chi connectivity index (χ0v) is 11.9. The first-order valence-corrected chi connectivity index (χ1v) is 7.22. The number of nitrogens with zero attached hydrogens (tertiary/aromatic N) is 2. The maximum atomic E-state index is 12.0. The van der Waals surface area contributed by atoms with Gasteiger partial charge in [-0.15, -0.1) is 0 Å². The number of carbonyl (C=O) groups excluding carboxylic acids is 1. The number of ether oxygens (including phenoxy) is 1. The molecule has 1 aromatic heterocycles. The molecule has 0 bridgehead atoms. The lowest BCUT2D eigenvalue weighted by Gasteiger charge is -2.16. The monoisotopic (exact) mass is 289 g/mol. The molecule has 0 saturated carbocycles. The van der Waals surface area contributed by atoms with Crippen LogP contribution < -0.4 is 10.6 Å². The zero-order chi connectivity index (χ0) is 14.1. The molecule has 0 aliphatic carbocycles. The Morgan fingerprint density at radius 2 is 2.05 bits per heavy atom. The number of anilines is 2. The van der Waals surface area contributed by atoms with E-state index in [1.165, 1.54) is 22.7 Å². The minimum absolute atomic E-state index is 0.249. The first kappa shape index (κ1) is 12.9. The Morgan fingerprint density at radius 3 is 2.65 bits per heavy atom. The lowest BCUT2D eigenvalue weighted by Crippen LogP contribution is -2.17. The molecule has 6 heteroatoms. The van der Waals surface area contributed by atoms with Gasteiger partial charge in [0, 0.05) is 13.1 Å². The molecule has 3 rings (SSSR count). The quantitative estimate of drug-likeness (QED) is 0.879. The van der Waals surface area contributed by atoms with E-state index in [2.05, 4.69) is 21.4 Å². The van der Waals surface area contributed by atoms with Gasteiger partial charge in [-0.1, -0.05) is 24.3 Å². The van der Waals surface area contributed by atoms with Crippen LogP contribution in [0, 0.1) is 0 Å². The van der Waals surface area contributed by atoms with Crippen LogP contribution in [0.25, 0.3) is 0 Å². The minimum atomic E-state index is -0.398. The standard InChI is InChI=1S/C14H15N3O2S/c1-2-19-14(18)11-12(15)16-20-13(11)17-7-9-5-3-4-6-10(9)8-17/h3-6H,2,7-8H2,1H3,(H2,15,16). The number of benzene rings is 1. The van der Waals surface area contributed by atoms with Crippen molar-refractivity contribution in [1.29, 1.82) is 0 Å². The van der Waals surface area contributed by atoms with Gasteiger partial charge in [-0.25, -0.2) is 4.79 Å². The van der Waals surface area contributed by atoms with E-state index >= 15 is 0 Å². The van der Waals surface area contributed by atoms with Crippen LogP contribution in [0.2, 0.25) is 0 Å². The Labute approximate surface area is 121 Å². The molecule has 0 fully saturated rings. The summed E-state index contributed by atoms with van der Waals surface area (Å²) in [5.41, 5.74) is 8.76. The van der Waals surface area contributed by atoms with Crippen LogP contribution >= 0.6 is 11.5 Å². The van der Waals surface area contributed by atoms with Gasteiger partial charge in [-0.2, -0.15) is 4.37 Å². The van der Waals surface area contributed by atoms with Gasteiger partial charge in [0.2, 0.25) is 0 Å². The third-order valence-electron chi connectivity index (χ3n) is 3.31. The van der Waals surface area contributed by atoms with Gasteiger partial charge in [0.05, 0.1) is 6.61 Å². The van der Waals surface area contributed by atoms with Gasteiger partial charge >= 0.3 is 5.97 Å². The highest BCUT2D eigenvalue weighted by Gasteiger charge is 2.28.